The zero-order valence-corrected chi connectivity index (χ0v) is 17.6. The number of hydrogen-bond acceptors (Lipinski definition) is 5. The summed E-state index contributed by atoms with van der Waals surface area (Å²) in [7, 11) is 2.98. The minimum Gasteiger partial charge on any atom is -0.493 e. The fraction of sp³-hybridized carbons (Fsp3) is 0.0833. The molecule has 5 nitrogen and oxygen atoms in total. The first-order valence-corrected chi connectivity index (χ1v) is 10.2. The molecule has 4 rings (SSSR count). The third kappa shape index (κ3) is 3.87. The number of carbonyl (C=O) groups is 1. The number of ether oxygens (including phenoxy) is 2. The lowest BCUT2D eigenvalue weighted by atomic mass is 10.0. The Bertz CT molecular complexity index is 1350. The molecule has 1 N–H and O–H groups in total. The van der Waals surface area contributed by atoms with Crippen LogP contribution < -0.4 is 20.2 Å². The Morgan fingerprint density at radius 3 is 2.39 bits per heavy atom. The molecule has 0 saturated carbocycles. The van der Waals surface area contributed by atoms with Crippen molar-refractivity contribution in [3.05, 3.63) is 88.3 Å². The molecule has 156 valence electrons. The number of fused-ring (bicyclic) bond motifs is 1. The van der Waals surface area contributed by atoms with Crippen molar-refractivity contribution in [3.63, 3.8) is 0 Å². The van der Waals surface area contributed by atoms with Crippen molar-refractivity contribution in [3.8, 4) is 22.6 Å². The van der Waals surface area contributed by atoms with Gasteiger partial charge in [0.25, 0.3) is 5.91 Å². The molecule has 1 heterocycles. The molecule has 3 aromatic carbocycles. The molecule has 1 aromatic heterocycles. The maximum atomic E-state index is 14.6. The molecule has 4 aromatic rings. The molecule has 0 aliphatic rings. The van der Waals surface area contributed by atoms with E-state index in [4.69, 9.17) is 9.47 Å². The van der Waals surface area contributed by atoms with Crippen LogP contribution in [0.4, 0.5) is 9.39 Å². The Labute approximate surface area is 181 Å². The van der Waals surface area contributed by atoms with Gasteiger partial charge in [0.1, 0.15) is 10.8 Å². The molecule has 31 heavy (non-hydrogen) atoms. The number of methoxy groups -OCH3 is 2. The molecule has 1 amide bonds. The van der Waals surface area contributed by atoms with Gasteiger partial charge in [-0.1, -0.05) is 30.3 Å². The van der Waals surface area contributed by atoms with Crippen LogP contribution in [0.3, 0.4) is 0 Å². The quantitative estimate of drug-likeness (QED) is 0.460. The van der Waals surface area contributed by atoms with Crippen molar-refractivity contribution in [2.45, 2.75) is 0 Å². The minimum atomic E-state index is -0.538. The molecular weight excluding hydrogens is 417 g/mol. The number of hydrogen-bond donors (Lipinski definition) is 1. The van der Waals surface area contributed by atoms with E-state index < -0.39 is 11.7 Å². The van der Waals surface area contributed by atoms with E-state index in [0.29, 0.717) is 27.1 Å². The van der Waals surface area contributed by atoms with Gasteiger partial charge in [0.2, 0.25) is 0 Å². The summed E-state index contributed by atoms with van der Waals surface area (Å²) in [5.41, 5.74) is 0.222. The fourth-order valence-corrected chi connectivity index (χ4v) is 4.38. The molecule has 0 spiro atoms. The van der Waals surface area contributed by atoms with Gasteiger partial charge in [0.05, 0.1) is 19.8 Å². The van der Waals surface area contributed by atoms with E-state index in [9.17, 15) is 14.0 Å². The average molecular weight is 435 g/mol. The summed E-state index contributed by atoms with van der Waals surface area (Å²) in [6, 6.07) is 17.8. The van der Waals surface area contributed by atoms with Crippen LogP contribution in [0, 0.1) is 5.82 Å². The molecule has 0 aliphatic carbocycles. The summed E-state index contributed by atoms with van der Waals surface area (Å²) in [5, 5.41) is 3.53. The largest absolute Gasteiger partial charge is 0.493 e. The van der Waals surface area contributed by atoms with E-state index in [0.717, 1.165) is 0 Å². The molecule has 0 radical (unpaired) electrons. The summed E-state index contributed by atoms with van der Waals surface area (Å²) in [6.45, 7) is 0. The summed E-state index contributed by atoms with van der Waals surface area (Å²) >= 11 is 1.22. The van der Waals surface area contributed by atoms with Crippen LogP contribution >= 0.6 is 11.3 Å². The van der Waals surface area contributed by atoms with E-state index >= 15 is 0 Å². The van der Waals surface area contributed by atoms with E-state index in [1.165, 1.54) is 37.7 Å². The lowest BCUT2D eigenvalue weighted by Gasteiger charge is -2.13. The molecule has 0 atom stereocenters. The van der Waals surface area contributed by atoms with Gasteiger partial charge in [0, 0.05) is 21.2 Å². The average Bonchev–Trinajstić information content (AvgIpc) is 2.79. The molecule has 0 aliphatic heterocycles. The molecule has 0 bridgehead atoms. The van der Waals surface area contributed by atoms with Crippen molar-refractivity contribution in [1.82, 2.24) is 0 Å². The van der Waals surface area contributed by atoms with E-state index in [1.54, 1.807) is 54.6 Å². The standard InChI is InChI=1S/C24H18FNO4S/c1-29-18-12-11-14(13-19(18)30-2)23(28)26-24-21(15-7-3-5-9-17(15)25)22(27)16-8-4-6-10-20(16)31-24/h3-13H,1-2H3,(H,26,28). The topological polar surface area (TPSA) is 64.6 Å². The number of nitrogens with one attached hydrogen (secondary N) is 1. The van der Waals surface area contributed by atoms with E-state index in [-0.39, 0.29) is 21.6 Å². The summed E-state index contributed by atoms with van der Waals surface area (Å²) in [6.07, 6.45) is 0. The van der Waals surface area contributed by atoms with Gasteiger partial charge in [-0.2, -0.15) is 0 Å². The van der Waals surface area contributed by atoms with Crippen LogP contribution in [0.15, 0.2) is 71.5 Å². The minimum absolute atomic E-state index is 0.121. The highest BCUT2D eigenvalue weighted by atomic mass is 32.1. The van der Waals surface area contributed by atoms with Crippen LogP contribution in [0.2, 0.25) is 0 Å². The Kier molecular flexibility index (Phi) is 5.68. The predicted molar refractivity (Wildman–Crippen MR) is 121 cm³/mol. The van der Waals surface area contributed by atoms with Crippen molar-refractivity contribution in [1.29, 1.82) is 0 Å². The maximum Gasteiger partial charge on any atom is 0.256 e. The maximum absolute atomic E-state index is 14.6. The Hall–Kier alpha value is -3.71. The second kappa shape index (κ2) is 8.57. The summed E-state index contributed by atoms with van der Waals surface area (Å²) in [5.74, 6) is -0.106. The zero-order chi connectivity index (χ0) is 22.0. The van der Waals surface area contributed by atoms with Crippen molar-refractivity contribution in [2.24, 2.45) is 0 Å². The second-order valence-electron chi connectivity index (χ2n) is 6.64. The normalized spacial score (nSPS) is 10.7. The first kappa shape index (κ1) is 20.6. The molecule has 0 fully saturated rings. The SMILES string of the molecule is COc1ccc(C(=O)Nc2sc3ccccc3c(=O)c2-c2ccccc2F)cc1OC. The highest BCUT2D eigenvalue weighted by molar-refractivity contribution is 7.22. The lowest BCUT2D eigenvalue weighted by Crippen LogP contribution is -2.16. The van der Waals surface area contributed by atoms with Gasteiger partial charge < -0.3 is 14.8 Å². The number of rotatable bonds is 5. The number of carbonyl (C=O) groups excluding carboxylic acids is 1. The third-order valence-electron chi connectivity index (χ3n) is 4.81. The number of anilines is 1. The van der Waals surface area contributed by atoms with Gasteiger partial charge in [0.15, 0.2) is 16.9 Å². The van der Waals surface area contributed by atoms with Crippen molar-refractivity contribution >= 4 is 32.3 Å². The second-order valence-corrected chi connectivity index (χ2v) is 7.69. The predicted octanol–water partition coefficient (Wildman–Crippen LogP) is 5.34. The van der Waals surface area contributed by atoms with Crippen molar-refractivity contribution < 1.29 is 18.7 Å². The first-order valence-electron chi connectivity index (χ1n) is 9.37. The van der Waals surface area contributed by atoms with Gasteiger partial charge in [-0.15, -0.1) is 11.3 Å². The van der Waals surface area contributed by atoms with Gasteiger partial charge in [-0.25, -0.2) is 4.39 Å². The highest BCUT2D eigenvalue weighted by Gasteiger charge is 2.20. The monoisotopic (exact) mass is 435 g/mol. The van der Waals surface area contributed by atoms with E-state index in [2.05, 4.69) is 5.32 Å². The van der Waals surface area contributed by atoms with Gasteiger partial charge in [-0.3, -0.25) is 9.59 Å². The molecule has 0 unspecified atom stereocenters. The lowest BCUT2D eigenvalue weighted by molar-refractivity contribution is 0.102. The third-order valence-corrected chi connectivity index (χ3v) is 5.90. The van der Waals surface area contributed by atoms with E-state index in [1.807, 2.05) is 0 Å². The zero-order valence-electron chi connectivity index (χ0n) is 16.8. The fourth-order valence-electron chi connectivity index (χ4n) is 3.29. The van der Waals surface area contributed by atoms with Crippen LogP contribution in [0.5, 0.6) is 11.5 Å². The van der Waals surface area contributed by atoms with Crippen molar-refractivity contribution in [2.75, 3.05) is 19.5 Å². The Balaban J connectivity index is 1.85. The van der Waals surface area contributed by atoms with Gasteiger partial charge in [-0.05, 0) is 36.4 Å². The molecular formula is C24H18FNO4S. The number of halogens is 1. The van der Waals surface area contributed by atoms with Crippen LogP contribution in [-0.4, -0.2) is 20.1 Å². The van der Waals surface area contributed by atoms with Gasteiger partial charge >= 0.3 is 0 Å². The smallest absolute Gasteiger partial charge is 0.256 e. The number of amides is 1. The van der Waals surface area contributed by atoms with Crippen LogP contribution in [-0.2, 0) is 0 Å². The van der Waals surface area contributed by atoms with Crippen LogP contribution in [0.1, 0.15) is 10.4 Å². The Morgan fingerprint density at radius 1 is 0.935 bits per heavy atom. The molecule has 7 heteroatoms. The Morgan fingerprint density at radius 2 is 1.65 bits per heavy atom. The summed E-state index contributed by atoms with van der Waals surface area (Å²) in [4.78, 5) is 26.3. The highest BCUT2D eigenvalue weighted by Crippen LogP contribution is 2.35. The number of benzene rings is 3. The molecule has 0 saturated heterocycles. The van der Waals surface area contributed by atoms with Crippen LogP contribution in [0.25, 0.3) is 21.2 Å². The first-order chi connectivity index (χ1) is 15.0. The summed E-state index contributed by atoms with van der Waals surface area (Å²) < 4.78 is 25.8.